The van der Waals surface area contributed by atoms with Crippen LogP contribution in [0.2, 0.25) is 0 Å². The van der Waals surface area contributed by atoms with Gasteiger partial charge >= 0.3 is 5.97 Å². The maximum atomic E-state index is 12.9. The van der Waals surface area contributed by atoms with Crippen LogP contribution in [0.1, 0.15) is 45.2 Å². The average molecular weight is 358 g/mol. The Balaban J connectivity index is 1.74. The number of aryl methyl sites for hydroxylation is 3. The molecule has 0 saturated heterocycles. The fourth-order valence-electron chi connectivity index (χ4n) is 3.40. The minimum Gasteiger partial charge on any atom is -0.465 e. The van der Waals surface area contributed by atoms with Crippen LogP contribution in [0, 0.1) is 6.92 Å². The summed E-state index contributed by atoms with van der Waals surface area (Å²) in [6, 6.07) is 1.63. The van der Waals surface area contributed by atoms with Gasteiger partial charge in [-0.05, 0) is 44.2 Å². The van der Waals surface area contributed by atoms with Gasteiger partial charge in [-0.1, -0.05) is 0 Å². The topological polar surface area (TPSA) is 74.3 Å². The predicted molar refractivity (Wildman–Crippen MR) is 94.4 cm³/mol. The number of ether oxygens (including phenoxy) is 1. The van der Waals surface area contributed by atoms with E-state index in [0.29, 0.717) is 17.1 Å². The summed E-state index contributed by atoms with van der Waals surface area (Å²) in [5, 5.41) is 0.749. The zero-order valence-corrected chi connectivity index (χ0v) is 14.9. The van der Waals surface area contributed by atoms with Gasteiger partial charge in [0.25, 0.3) is 5.56 Å². The van der Waals surface area contributed by atoms with Crippen LogP contribution in [0.15, 0.2) is 21.6 Å². The lowest BCUT2D eigenvalue weighted by Crippen LogP contribution is -2.21. The fourth-order valence-corrected chi connectivity index (χ4v) is 4.62. The third kappa shape index (κ3) is 2.68. The summed E-state index contributed by atoms with van der Waals surface area (Å²) in [5.41, 5.74) is 1.51. The Morgan fingerprint density at radius 3 is 3.00 bits per heavy atom. The number of carbonyl (C=O) groups excluding carboxylic acids is 1. The van der Waals surface area contributed by atoms with Gasteiger partial charge in [-0.2, -0.15) is 0 Å². The van der Waals surface area contributed by atoms with Crippen LogP contribution in [0.3, 0.4) is 0 Å². The summed E-state index contributed by atoms with van der Waals surface area (Å²) >= 11 is 1.63. The van der Waals surface area contributed by atoms with E-state index in [9.17, 15) is 9.59 Å². The fraction of sp³-hybridized carbons (Fsp3) is 0.389. The van der Waals surface area contributed by atoms with Crippen LogP contribution in [0.5, 0.6) is 0 Å². The quantitative estimate of drug-likeness (QED) is 0.673. The van der Waals surface area contributed by atoms with E-state index in [0.717, 1.165) is 29.5 Å². The first-order valence-electron chi connectivity index (χ1n) is 8.25. The highest BCUT2D eigenvalue weighted by molar-refractivity contribution is 7.18. The minimum absolute atomic E-state index is 0.0435. The highest BCUT2D eigenvalue weighted by Crippen LogP contribution is 2.33. The Morgan fingerprint density at radius 1 is 1.40 bits per heavy atom. The van der Waals surface area contributed by atoms with E-state index in [-0.39, 0.29) is 12.1 Å². The van der Waals surface area contributed by atoms with Gasteiger partial charge in [0.05, 0.1) is 25.4 Å². The summed E-state index contributed by atoms with van der Waals surface area (Å²) in [7, 11) is 1.33. The molecule has 1 aliphatic rings. The van der Waals surface area contributed by atoms with Gasteiger partial charge in [-0.25, -0.2) is 9.78 Å². The largest absolute Gasteiger partial charge is 0.465 e. The van der Waals surface area contributed by atoms with Gasteiger partial charge in [0.2, 0.25) is 0 Å². The van der Waals surface area contributed by atoms with E-state index in [1.54, 1.807) is 35.2 Å². The number of furan rings is 1. The van der Waals surface area contributed by atoms with Crippen LogP contribution in [0.4, 0.5) is 0 Å². The first kappa shape index (κ1) is 16.1. The number of thiophene rings is 1. The first-order chi connectivity index (χ1) is 12.1. The van der Waals surface area contributed by atoms with Crippen molar-refractivity contribution in [2.24, 2.45) is 0 Å². The van der Waals surface area contributed by atoms with Crippen molar-refractivity contribution in [3.05, 3.63) is 50.3 Å². The molecule has 1 aliphatic carbocycles. The molecule has 3 aromatic rings. The maximum absolute atomic E-state index is 12.9. The van der Waals surface area contributed by atoms with Crippen molar-refractivity contribution in [2.45, 2.75) is 39.2 Å². The van der Waals surface area contributed by atoms with Gasteiger partial charge in [0, 0.05) is 4.88 Å². The lowest BCUT2D eigenvalue weighted by molar-refractivity contribution is 0.0599. The molecule has 0 radical (unpaired) electrons. The van der Waals surface area contributed by atoms with Crippen molar-refractivity contribution < 1.29 is 13.9 Å². The molecule has 0 bridgehead atoms. The molecule has 0 spiro atoms. The van der Waals surface area contributed by atoms with E-state index in [1.807, 2.05) is 0 Å². The number of hydrogen-bond donors (Lipinski definition) is 0. The second-order valence-corrected chi connectivity index (χ2v) is 7.33. The predicted octanol–water partition coefficient (Wildman–Crippen LogP) is 3.07. The molecule has 6 nitrogen and oxygen atoms in total. The first-order valence-corrected chi connectivity index (χ1v) is 9.07. The normalized spacial score (nSPS) is 13.8. The van der Waals surface area contributed by atoms with E-state index in [1.165, 1.54) is 24.0 Å². The molecule has 0 aliphatic heterocycles. The van der Waals surface area contributed by atoms with Crippen molar-refractivity contribution in [1.82, 2.24) is 9.55 Å². The number of fused-ring (bicyclic) bond motifs is 3. The van der Waals surface area contributed by atoms with E-state index >= 15 is 0 Å². The number of esters is 1. The molecule has 4 rings (SSSR count). The monoisotopic (exact) mass is 358 g/mol. The summed E-state index contributed by atoms with van der Waals surface area (Å²) in [6.07, 6.45) is 5.84. The zero-order chi connectivity index (χ0) is 17.6. The molecule has 0 fully saturated rings. The highest BCUT2D eigenvalue weighted by atomic mass is 32.1. The third-order valence-electron chi connectivity index (χ3n) is 4.64. The smallest absolute Gasteiger partial charge is 0.341 e. The van der Waals surface area contributed by atoms with Gasteiger partial charge in [0.15, 0.2) is 0 Å². The van der Waals surface area contributed by atoms with Crippen molar-refractivity contribution in [3.63, 3.8) is 0 Å². The van der Waals surface area contributed by atoms with Crippen LogP contribution in [0.25, 0.3) is 10.2 Å². The Bertz CT molecular complexity index is 1030. The molecular weight excluding hydrogens is 340 g/mol. The van der Waals surface area contributed by atoms with Crippen molar-refractivity contribution in [1.29, 1.82) is 0 Å². The second-order valence-electron chi connectivity index (χ2n) is 6.24. The SMILES string of the molecule is COC(=O)c1cc(Cn2cnc3sc4c(c3c2=O)CCCC4)oc1C. The average Bonchev–Trinajstić information content (AvgIpc) is 3.17. The van der Waals surface area contributed by atoms with E-state index < -0.39 is 5.97 Å². The molecule has 0 aromatic carbocycles. The molecule has 0 N–H and O–H groups in total. The molecule has 25 heavy (non-hydrogen) atoms. The summed E-state index contributed by atoms with van der Waals surface area (Å²) < 4.78 is 11.9. The van der Waals surface area contributed by atoms with Crippen molar-refractivity contribution in [2.75, 3.05) is 7.11 Å². The Morgan fingerprint density at radius 2 is 2.20 bits per heavy atom. The Labute approximate surface area is 148 Å². The van der Waals surface area contributed by atoms with Gasteiger partial charge in [-0.15, -0.1) is 11.3 Å². The highest BCUT2D eigenvalue weighted by Gasteiger charge is 2.21. The summed E-state index contributed by atoms with van der Waals surface area (Å²) in [5.74, 6) is 0.572. The van der Waals surface area contributed by atoms with Gasteiger partial charge in [0.1, 0.15) is 21.9 Å². The maximum Gasteiger partial charge on any atom is 0.341 e. The zero-order valence-electron chi connectivity index (χ0n) is 14.1. The summed E-state index contributed by atoms with van der Waals surface area (Å²) in [4.78, 5) is 31.2. The number of nitrogens with zero attached hydrogens (tertiary/aromatic N) is 2. The molecular formula is C18H18N2O4S. The number of rotatable bonds is 3. The van der Waals surface area contributed by atoms with Crippen LogP contribution in [-0.2, 0) is 24.1 Å². The molecule has 130 valence electrons. The lowest BCUT2D eigenvalue weighted by atomic mass is 9.97. The Kier molecular flexibility index (Phi) is 3.95. The van der Waals surface area contributed by atoms with Crippen LogP contribution < -0.4 is 5.56 Å². The molecule has 0 saturated carbocycles. The van der Waals surface area contributed by atoms with Gasteiger partial charge in [-0.3, -0.25) is 9.36 Å². The molecule has 0 unspecified atom stereocenters. The summed E-state index contributed by atoms with van der Waals surface area (Å²) in [6.45, 7) is 1.94. The number of methoxy groups -OCH3 is 1. The number of carbonyl (C=O) groups is 1. The van der Waals surface area contributed by atoms with E-state index in [2.05, 4.69) is 4.98 Å². The van der Waals surface area contributed by atoms with Crippen LogP contribution >= 0.6 is 11.3 Å². The van der Waals surface area contributed by atoms with Crippen molar-refractivity contribution >= 4 is 27.5 Å². The molecule has 3 heterocycles. The van der Waals surface area contributed by atoms with Gasteiger partial charge < -0.3 is 9.15 Å². The minimum atomic E-state index is -0.444. The van der Waals surface area contributed by atoms with Crippen molar-refractivity contribution in [3.8, 4) is 0 Å². The third-order valence-corrected chi connectivity index (χ3v) is 5.84. The lowest BCUT2D eigenvalue weighted by Gasteiger charge is -2.10. The standard InChI is InChI=1S/C18H18N2O4S/c1-10-13(18(22)23-2)7-11(24-10)8-20-9-19-16-15(17(20)21)12-5-3-4-6-14(12)25-16/h7,9H,3-6,8H2,1-2H3. The second kappa shape index (κ2) is 6.15. The molecule has 0 amide bonds. The molecule has 0 atom stereocenters. The molecule has 3 aromatic heterocycles. The Hall–Kier alpha value is -2.41. The van der Waals surface area contributed by atoms with E-state index in [4.69, 9.17) is 9.15 Å². The molecule has 7 heteroatoms. The van der Waals surface area contributed by atoms with Crippen LogP contribution in [-0.4, -0.2) is 22.6 Å². The number of aromatic nitrogens is 2. The number of hydrogen-bond acceptors (Lipinski definition) is 6.